The molecule has 0 aromatic heterocycles. The van der Waals surface area contributed by atoms with E-state index in [9.17, 15) is 0 Å². The highest BCUT2D eigenvalue weighted by atomic mass is 16.5. The Hall–Kier alpha value is -6.88. The van der Waals surface area contributed by atoms with Crippen LogP contribution in [0.3, 0.4) is 0 Å². The van der Waals surface area contributed by atoms with Crippen LogP contribution >= 0.6 is 0 Å². The summed E-state index contributed by atoms with van der Waals surface area (Å²) in [5, 5.41) is 5.17. The van der Waals surface area contributed by atoms with Gasteiger partial charge in [-0.1, -0.05) is 158 Å². The molecule has 14 rings (SSSR count). The van der Waals surface area contributed by atoms with Gasteiger partial charge < -0.3 is 9.47 Å². The molecule has 7 aromatic carbocycles. The number of allylic oxidation sites excluding steroid dienone is 2. The monoisotopic (exact) mass is 744 g/mol. The van der Waals surface area contributed by atoms with Crippen molar-refractivity contribution in [2.24, 2.45) is 0 Å². The minimum atomic E-state index is -0.452. The summed E-state index contributed by atoms with van der Waals surface area (Å²) in [6.45, 7) is 0. The molecule has 2 unspecified atom stereocenters. The molecule has 0 N–H and O–H groups in total. The number of ether oxygens (including phenoxy) is 2. The Balaban J connectivity index is 0.838. The molecular formula is C54H36N2O2. The summed E-state index contributed by atoms with van der Waals surface area (Å²) in [6, 6.07) is 62.1. The third-order valence-electron chi connectivity index (χ3n) is 14.0. The summed E-state index contributed by atoms with van der Waals surface area (Å²) in [5.41, 5.74) is 17.5. The fourth-order valence-electron chi connectivity index (χ4n) is 11.5. The van der Waals surface area contributed by atoms with Gasteiger partial charge in [0.05, 0.1) is 16.7 Å². The number of nitrogens with zero attached hydrogens (tertiary/aromatic N) is 2. The molecule has 4 nitrogen and oxygen atoms in total. The van der Waals surface area contributed by atoms with E-state index in [-0.39, 0.29) is 11.7 Å². The lowest BCUT2D eigenvalue weighted by Crippen LogP contribution is -2.32. The lowest BCUT2D eigenvalue weighted by molar-refractivity contribution is 0.301. The number of benzene rings is 7. The minimum Gasteiger partial charge on any atom is -0.461 e. The summed E-state index contributed by atoms with van der Waals surface area (Å²) >= 11 is 0. The zero-order chi connectivity index (χ0) is 37.7. The first kappa shape index (κ1) is 31.2. The summed E-state index contributed by atoms with van der Waals surface area (Å²) in [5.74, 6) is 4.22. The maximum absolute atomic E-state index is 6.83. The fraction of sp³-hybridized carbons (Fsp3) is 0.111. The van der Waals surface area contributed by atoms with Crippen LogP contribution in [0.5, 0.6) is 17.2 Å². The van der Waals surface area contributed by atoms with E-state index < -0.39 is 5.41 Å². The van der Waals surface area contributed by atoms with Crippen LogP contribution in [0.25, 0.3) is 28.0 Å². The Labute approximate surface area is 337 Å². The second-order valence-electron chi connectivity index (χ2n) is 16.7. The predicted molar refractivity (Wildman–Crippen MR) is 227 cm³/mol. The number of rotatable bonds is 4. The first-order valence-corrected chi connectivity index (χ1v) is 20.5. The van der Waals surface area contributed by atoms with Gasteiger partial charge in [0.15, 0.2) is 0 Å². The standard InChI is InChI=1S/C54H36N2O2/c1-2-12-34(13-3-1)51-46-32-53(46,56-52(55(51)56)36-24-28-41-40-16-6-10-20-47(40)57-49(41)31-36)37-26-22-33(23-27-37)35-25-29-45-50(30-35)58-48-21-11-9-19-44(48)54(45)42-17-7-4-14-38(42)39-15-5-8-18-43(39)54/h1-27,29-31,41,52H,28,32H2/t41?,52?,53-,55?,56+/m1/s1. The SMILES string of the molecule is C1=C2Oc3ccccc3C2CC=C1C1N2C(c3ccccc3)=C3C[C@]3(c3ccc(-c4ccc5c(c4)Oc4ccccc4C54c5ccccc5-c5ccccc54)cc3)[N@]12. The normalized spacial score (nSPS) is 23.8. The van der Waals surface area contributed by atoms with Gasteiger partial charge in [-0.05, 0) is 86.3 Å². The van der Waals surface area contributed by atoms with Gasteiger partial charge >= 0.3 is 0 Å². The molecule has 4 atom stereocenters. The second-order valence-corrected chi connectivity index (χ2v) is 16.7. The van der Waals surface area contributed by atoms with E-state index >= 15 is 0 Å². The van der Waals surface area contributed by atoms with Crippen LogP contribution in [-0.2, 0) is 11.0 Å². The number of hydrogen-bond acceptors (Lipinski definition) is 4. The van der Waals surface area contributed by atoms with E-state index in [1.54, 1.807) is 0 Å². The van der Waals surface area contributed by atoms with Crippen molar-refractivity contribution in [3.05, 3.63) is 238 Å². The van der Waals surface area contributed by atoms with Crippen LogP contribution in [0.2, 0.25) is 0 Å². The lowest BCUT2D eigenvalue weighted by Gasteiger charge is -2.39. The molecule has 58 heavy (non-hydrogen) atoms. The van der Waals surface area contributed by atoms with E-state index in [0.29, 0.717) is 5.92 Å². The van der Waals surface area contributed by atoms with Crippen LogP contribution < -0.4 is 9.47 Å². The van der Waals surface area contributed by atoms with Crippen LogP contribution in [0.4, 0.5) is 0 Å². The van der Waals surface area contributed by atoms with Crippen molar-refractivity contribution in [2.75, 3.05) is 0 Å². The van der Waals surface area contributed by atoms with Crippen molar-refractivity contribution in [3.8, 4) is 39.5 Å². The molecule has 0 amide bonds. The Morgan fingerprint density at radius 1 is 0.534 bits per heavy atom. The molecule has 0 radical (unpaired) electrons. The minimum absolute atomic E-state index is 0.137. The molecule has 7 aromatic rings. The molecule has 1 saturated carbocycles. The van der Waals surface area contributed by atoms with E-state index in [1.807, 2.05) is 0 Å². The largest absolute Gasteiger partial charge is 0.461 e. The summed E-state index contributed by atoms with van der Waals surface area (Å²) in [4.78, 5) is 0. The molecule has 4 heterocycles. The first-order chi connectivity index (χ1) is 28.7. The van der Waals surface area contributed by atoms with Crippen LogP contribution in [0.15, 0.2) is 199 Å². The molecule has 2 fully saturated rings. The number of hydrogen-bond donors (Lipinski definition) is 0. The first-order valence-electron chi connectivity index (χ1n) is 20.5. The lowest BCUT2D eigenvalue weighted by atomic mass is 9.66. The number of fused-ring (bicyclic) bond motifs is 15. The van der Waals surface area contributed by atoms with E-state index in [2.05, 4.69) is 192 Å². The topological polar surface area (TPSA) is 24.5 Å². The Bertz CT molecular complexity index is 3000. The van der Waals surface area contributed by atoms with Crippen molar-refractivity contribution < 1.29 is 9.47 Å². The summed E-state index contributed by atoms with van der Waals surface area (Å²) in [6.07, 6.45) is 6.96. The smallest absolute Gasteiger partial charge is 0.142 e. The molecule has 274 valence electrons. The Kier molecular flexibility index (Phi) is 5.89. The quantitative estimate of drug-likeness (QED) is 0.168. The van der Waals surface area contributed by atoms with Crippen molar-refractivity contribution in [2.45, 2.75) is 35.9 Å². The Morgan fingerprint density at radius 3 is 1.98 bits per heavy atom. The van der Waals surface area contributed by atoms with Gasteiger partial charge in [-0.15, -0.1) is 0 Å². The predicted octanol–water partition coefficient (Wildman–Crippen LogP) is 12.1. The second kappa shape index (κ2) is 10.9. The average molecular weight is 745 g/mol. The van der Waals surface area contributed by atoms with Crippen molar-refractivity contribution in [3.63, 3.8) is 0 Å². The maximum atomic E-state index is 6.83. The van der Waals surface area contributed by atoms with Gasteiger partial charge in [-0.2, -0.15) is 5.01 Å². The zero-order valence-corrected chi connectivity index (χ0v) is 31.6. The molecule has 4 aliphatic heterocycles. The van der Waals surface area contributed by atoms with Crippen LogP contribution in [0.1, 0.15) is 57.7 Å². The molecule has 1 spiro atoms. The van der Waals surface area contributed by atoms with Crippen LogP contribution in [0, 0.1) is 0 Å². The Morgan fingerprint density at radius 2 is 1.19 bits per heavy atom. The van der Waals surface area contributed by atoms with Gasteiger partial charge in [0.25, 0.3) is 0 Å². The van der Waals surface area contributed by atoms with Gasteiger partial charge in [-0.3, -0.25) is 5.01 Å². The van der Waals surface area contributed by atoms with E-state index in [0.717, 1.165) is 41.4 Å². The van der Waals surface area contributed by atoms with Crippen molar-refractivity contribution >= 4 is 5.70 Å². The molecular weight excluding hydrogens is 709 g/mol. The number of para-hydroxylation sites is 2. The van der Waals surface area contributed by atoms with Gasteiger partial charge in [0, 0.05) is 29.0 Å². The summed E-state index contributed by atoms with van der Waals surface area (Å²) < 4.78 is 13.3. The highest BCUT2D eigenvalue weighted by Crippen LogP contribution is 2.73. The average Bonchev–Trinajstić information content (AvgIpc) is 4.12. The maximum Gasteiger partial charge on any atom is 0.142 e. The van der Waals surface area contributed by atoms with E-state index in [1.165, 1.54) is 72.5 Å². The molecule has 7 aliphatic rings. The van der Waals surface area contributed by atoms with Gasteiger partial charge in [0.1, 0.15) is 29.2 Å². The zero-order valence-electron chi connectivity index (χ0n) is 31.6. The van der Waals surface area contributed by atoms with Gasteiger partial charge in [0.2, 0.25) is 0 Å². The molecule has 0 bridgehead atoms. The highest BCUT2D eigenvalue weighted by Gasteiger charge is 2.75. The van der Waals surface area contributed by atoms with Gasteiger partial charge in [-0.25, -0.2) is 0 Å². The summed E-state index contributed by atoms with van der Waals surface area (Å²) in [7, 11) is 0. The van der Waals surface area contributed by atoms with Crippen LogP contribution in [-0.4, -0.2) is 16.2 Å². The van der Waals surface area contributed by atoms with E-state index in [4.69, 9.17) is 9.47 Å². The van der Waals surface area contributed by atoms with Crippen molar-refractivity contribution in [1.29, 1.82) is 0 Å². The third kappa shape index (κ3) is 3.84. The third-order valence-corrected chi connectivity index (χ3v) is 14.0. The van der Waals surface area contributed by atoms with Crippen molar-refractivity contribution in [1.82, 2.24) is 10.0 Å². The molecule has 3 aliphatic carbocycles. The fourth-order valence-corrected chi connectivity index (χ4v) is 11.5. The molecule has 4 heteroatoms. The molecule has 1 saturated heterocycles. The number of hydrazine groups is 1. The highest BCUT2D eigenvalue weighted by molar-refractivity contribution is 5.89.